The van der Waals surface area contributed by atoms with Gasteiger partial charge in [-0.1, -0.05) is 39.0 Å². The Morgan fingerprint density at radius 3 is 2.73 bits per heavy atom. The SMILES string of the molecule is CCC(CC1CCCCC1)C(=O)N1CC(n2cnc3c(N)ncnc32)C1. The highest BCUT2D eigenvalue weighted by Crippen LogP contribution is 2.33. The van der Waals surface area contributed by atoms with Gasteiger partial charge in [-0.2, -0.15) is 0 Å². The lowest BCUT2D eigenvalue weighted by atomic mass is 9.81. The summed E-state index contributed by atoms with van der Waals surface area (Å²) in [7, 11) is 0. The van der Waals surface area contributed by atoms with Crippen LogP contribution in [-0.4, -0.2) is 43.4 Å². The molecule has 0 bridgehead atoms. The standard InChI is InChI=1S/C19H28N6O/c1-2-14(8-13-6-4-3-5-7-13)19(26)24-9-15(10-24)25-12-23-16-17(20)21-11-22-18(16)25/h11-15H,2-10H2,1H3,(H2,20,21,22). The zero-order valence-electron chi connectivity index (χ0n) is 15.5. The van der Waals surface area contributed by atoms with E-state index in [-0.39, 0.29) is 12.0 Å². The van der Waals surface area contributed by atoms with E-state index >= 15 is 0 Å². The minimum atomic E-state index is 0.177. The van der Waals surface area contributed by atoms with Crippen molar-refractivity contribution in [3.8, 4) is 0 Å². The van der Waals surface area contributed by atoms with Crippen molar-refractivity contribution in [2.45, 2.75) is 57.9 Å². The van der Waals surface area contributed by atoms with Gasteiger partial charge in [0.05, 0.1) is 12.4 Å². The molecule has 1 amide bonds. The summed E-state index contributed by atoms with van der Waals surface area (Å²) in [6, 6.07) is 0.227. The van der Waals surface area contributed by atoms with Crippen LogP contribution >= 0.6 is 0 Å². The molecule has 140 valence electrons. The van der Waals surface area contributed by atoms with Crippen molar-refractivity contribution in [1.29, 1.82) is 0 Å². The van der Waals surface area contributed by atoms with Gasteiger partial charge < -0.3 is 15.2 Å². The fraction of sp³-hybridized carbons (Fsp3) is 0.684. The fourth-order valence-corrected chi connectivity index (χ4v) is 4.47. The maximum absolute atomic E-state index is 12.9. The van der Waals surface area contributed by atoms with E-state index in [1.54, 1.807) is 6.33 Å². The molecule has 2 N–H and O–H groups in total. The van der Waals surface area contributed by atoms with Crippen molar-refractivity contribution < 1.29 is 4.79 Å². The van der Waals surface area contributed by atoms with Gasteiger partial charge in [-0.15, -0.1) is 0 Å². The van der Waals surface area contributed by atoms with Crippen LogP contribution < -0.4 is 5.73 Å². The second-order valence-electron chi connectivity index (χ2n) is 7.82. The Balaban J connectivity index is 1.38. The average molecular weight is 356 g/mol. The number of nitrogens with zero attached hydrogens (tertiary/aromatic N) is 5. The highest BCUT2D eigenvalue weighted by atomic mass is 16.2. The van der Waals surface area contributed by atoms with E-state index in [4.69, 9.17) is 5.73 Å². The summed E-state index contributed by atoms with van der Waals surface area (Å²) >= 11 is 0. The lowest BCUT2D eigenvalue weighted by molar-refractivity contribution is -0.142. The van der Waals surface area contributed by atoms with Gasteiger partial charge >= 0.3 is 0 Å². The number of aromatic nitrogens is 4. The number of hydrogen-bond acceptors (Lipinski definition) is 5. The highest BCUT2D eigenvalue weighted by molar-refractivity contribution is 5.82. The number of anilines is 1. The third-order valence-electron chi connectivity index (χ3n) is 6.14. The number of nitrogen functional groups attached to an aromatic ring is 1. The molecule has 1 aliphatic carbocycles. The molecular weight excluding hydrogens is 328 g/mol. The average Bonchev–Trinajstić information content (AvgIpc) is 3.04. The summed E-state index contributed by atoms with van der Waals surface area (Å²) in [5.74, 6) is 1.65. The molecule has 26 heavy (non-hydrogen) atoms. The largest absolute Gasteiger partial charge is 0.382 e. The minimum absolute atomic E-state index is 0.177. The predicted octanol–water partition coefficient (Wildman–Crippen LogP) is 2.79. The van der Waals surface area contributed by atoms with Crippen LogP contribution in [-0.2, 0) is 4.79 Å². The summed E-state index contributed by atoms with van der Waals surface area (Å²) in [5, 5.41) is 0. The molecule has 1 atom stereocenters. The molecule has 0 spiro atoms. The zero-order valence-corrected chi connectivity index (χ0v) is 15.5. The smallest absolute Gasteiger partial charge is 0.225 e. The van der Waals surface area contributed by atoms with E-state index in [2.05, 4.69) is 21.9 Å². The number of carbonyl (C=O) groups excluding carboxylic acids is 1. The van der Waals surface area contributed by atoms with E-state index in [0.717, 1.165) is 37.5 Å². The van der Waals surface area contributed by atoms with E-state index in [1.165, 1.54) is 38.4 Å². The molecule has 3 heterocycles. The molecule has 7 nitrogen and oxygen atoms in total. The maximum Gasteiger partial charge on any atom is 0.225 e. The third-order valence-corrected chi connectivity index (χ3v) is 6.14. The second-order valence-corrected chi connectivity index (χ2v) is 7.82. The van der Waals surface area contributed by atoms with Crippen molar-refractivity contribution in [3.05, 3.63) is 12.7 Å². The van der Waals surface area contributed by atoms with Gasteiger partial charge in [0.2, 0.25) is 5.91 Å². The van der Waals surface area contributed by atoms with Crippen LogP contribution in [0.5, 0.6) is 0 Å². The molecule has 0 aromatic carbocycles. The molecule has 2 aromatic heterocycles. The Labute approximate surface area is 154 Å². The first kappa shape index (κ1) is 17.2. The summed E-state index contributed by atoms with van der Waals surface area (Å²) in [6.45, 7) is 3.61. The molecule has 2 fully saturated rings. The highest BCUT2D eigenvalue weighted by Gasteiger charge is 2.36. The summed E-state index contributed by atoms with van der Waals surface area (Å²) in [4.78, 5) is 27.5. The van der Waals surface area contributed by atoms with E-state index in [9.17, 15) is 4.79 Å². The van der Waals surface area contributed by atoms with Crippen LogP contribution in [0.3, 0.4) is 0 Å². The van der Waals surface area contributed by atoms with Crippen LogP contribution in [0.4, 0.5) is 5.82 Å². The second kappa shape index (κ2) is 7.21. The number of likely N-dealkylation sites (tertiary alicyclic amines) is 1. The van der Waals surface area contributed by atoms with Crippen molar-refractivity contribution in [3.63, 3.8) is 0 Å². The number of imidazole rings is 1. The van der Waals surface area contributed by atoms with Crippen molar-refractivity contribution >= 4 is 22.9 Å². The molecule has 2 aromatic rings. The number of fused-ring (bicyclic) bond motifs is 1. The van der Waals surface area contributed by atoms with Crippen LogP contribution in [0.25, 0.3) is 11.2 Å². The summed E-state index contributed by atoms with van der Waals surface area (Å²) in [6.07, 6.45) is 11.9. The molecule has 7 heteroatoms. The van der Waals surface area contributed by atoms with Gasteiger partial charge in [0.25, 0.3) is 0 Å². The Kier molecular flexibility index (Phi) is 4.78. The van der Waals surface area contributed by atoms with Crippen LogP contribution in [0, 0.1) is 11.8 Å². The van der Waals surface area contributed by atoms with Crippen molar-refractivity contribution in [2.75, 3.05) is 18.8 Å². The number of amides is 1. The normalized spacial score (nSPS) is 20.3. The van der Waals surface area contributed by atoms with Gasteiger partial charge in [0.15, 0.2) is 11.5 Å². The van der Waals surface area contributed by atoms with Gasteiger partial charge in [-0.05, 0) is 18.8 Å². The Morgan fingerprint density at radius 1 is 1.23 bits per heavy atom. The minimum Gasteiger partial charge on any atom is -0.382 e. The lowest BCUT2D eigenvalue weighted by Crippen LogP contribution is -2.52. The number of nitrogens with two attached hydrogens (primary N) is 1. The quantitative estimate of drug-likeness (QED) is 0.890. The summed E-state index contributed by atoms with van der Waals surface area (Å²) in [5.41, 5.74) is 7.25. The molecule has 1 aliphatic heterocycles. The Morgan fingerprint density at radius 2 is 2.00 bits per heavy atom. The predicted molar refractivity (Wildman–Crippen MR) is 100 cm³/mol. The molecule has 1 unspecified atom stereocenters. The Hall–Kier alpha value is -2.18. The molecule has 1 saturated carbocycles. The fourth-order valence-electron chi connectivity index (χ4n) is 4.47. The van der Waals surface area contributed by atoms with Gasteiger partial charge in [-0.3, -0.25) is 4.79 Å². The van der Waals surface area contributed by atoms with E-state index in [1.807, 2.05) is 9.47 Å². The maximum atomic E-state index is 12.9. The first-order chi connectivity index (χ1) is 12.7. The van der Waals surface area contributed by atoms with E-state index < -0.39 is 0 Å². The van der Waals surface area contributed by atoms with Gasteiger partial charge in [-0.25, -0.2) is 15.0 Å². The van der Waals surface area contributed by atoms with Crippen molar-refractivity contribution in [1.82, 2.24) is 24.4 Å². The zero-order chi connectivity index (χ0) is 18.1. The van der Waals surface area contributed by atoms with Gasteiger partial charge in [0, 0.05) is 19.0 Å². The van der Waals surface area contributed by atoms with Crippen LogP contribution in [0.15, 0.2) is 12.7 Å². The third kappa shape index (κ3) is 3.15. The molecule has 0 radical (unpaired) electrons. The van der Waals surface area contributed by atoms with E-state index in [0.29, 0.717) is 17.2 Å². The monoisotopic (exact) mass is 356 g/mol. The van der Waals surface area contributed by atoms with Crippen LogP contribution in [0.2, 0.25) is 0 Å². The molecule has 1 saturated heterocycles. The first-order valence-corrected chi connectivity index (χ1v) is 9.89. The van der Waals surface area contributed by atoms with Gasteiger partial charge in [0.1, 0.15) is 11.8 Å². The molecule has 4 rings (SSSR count). The van der Waals surface area contributed by atoms with Crippen molar-refractivity contribution in [2.24, 2.45) is 11.8 Å². The lowest BCUT2D eigenvalue weighted by Gasteiger charge is -2.42. The number of rotatable bonds is 5. The first-order valence-electron chi connectivity index (χ1n) is 9.89. The summed E-state index contributed by atoms with van der Waals surface area (Å²) < 4.78 is 2.03. The molecule has 2 aliphatic rings. The number of hydrogen-bond donors (Lipinski definition) is 1. The number of carbonyl (C=O) groups is 1. The van der Waals surface area contributed by atoms with Crippen LogP contribution in [0.1, 0.15) is 57.9 Å². The topological polar surface area (TPSA) is 89.9 Å². The molecular formula is C19H28N6O. The Bertz CT molecular complexity index is 775.